The van der Waals surface area contributed by atoms with Crippen molar-refractivity contribution in [2.24, 2.45) is 11.7 Å². The molecule has 0 bridgehead atoms. The van der Waals surface area contributed by atoms with E-state index in [0.29, 0.717) is 18.7 Å². The molecule has 23 heavy (non-hydrogen) atoms. The first-order chi connectivity index (χ1) is 10.6. The molecule has 0 aliphatic heterocycles. The lowest BCUT2D eigenvalue weighted by atomic mass is 10.1. The molecule has 1 amide bonds. The van der Waals surface area contributed by atoms with Gasteiger partial charge in [-0.2, -0.15) is 5.10 Å². The molecule has 0 aliphatic carbocycles. The number of nitrogens with zero attached hydrogens (tertiary/aromatic N) is 2. The SMILES string of the molecule is CCc1c(C(=O)NCC(C)CN)cnn1-c1ccc(Br)cc1.Cl. The third kappa shape index (κ3) is 4.80. The summed E-state index contributed by atoms with van der Waals surface area (Å²) in [6, 6.07) is 7.85. The summed E-state index contributed by atoms with van der Waals surface area (Å²) >= 11 is 3.42. The highest BCUT2D eigenvalue weighted by molar-refractivity contribution is 9.10. The van der Waals surface area contributed by atoms with E-state index >= 15 is 0 Å². The molecule has 126 valence electrons. The molecule has 0 saturated heterocycles. The maximum atomic E-state index is 12.3. The van der Waals surface area contributed by atoms with Gasteiger partial charge in [-0.25, -0.2) is 4.68 Å². The molecule has 2 rings (SSSR count). The molecule has 3 N–H and O–H groups in total. The Labute approximate surface area is 151 Å². The van der Waals surface area contributed by atoms with Gasteiger partial charge in [0.15, 0.2) is 0 Å². The lowest BCUT2D eigenvalue weighted by molar-refractivity contribution is 0.0947. The van der Waals surface area contributed by atoms with Gasteiger partial charge < -0.3 is 11.1 Å². The summed E-state index contributed by atoms with van der Waals surface area (Å²) in [4.78, 5) is 12.3. The molecule has 1 aromatic heterocycles. The highest BCUT2D eigenvalue weighted by Gasteiger charge is 2.17. The molecule has 0 fully saturated rings. The first-order valence-corrected chi connectivity index (χ1v) is 8.17. The fourth-order valence-electron chi connectivity index (χ4n) is 2.15. The zero-order valence-corrected chi connectivity index (χ0v) is 15.7. The molecular weight excluding hydrogens is 380 g/mol. The summed E-state index contributed by atoms with van der Waals surface area (Å²) in [7, 11) is 0. The molecule has 1 unspecified atom stereocenters. The first-order valence-electron chi connectivity index (χ1n) is 7.37. The number of halogens is 2. The van der Waals surface area contributed by atoms with E-state index in [2.05, 4.69) is 26.3 Å². The fourth-order valence-corrected chi connectivity index (χ4v) is 2.42. The summed E-state index contributed by atoms with van der Waals surface area (Å²) in [5, 5.41) is 7.29. The summed E-state index contributed by atoms with van der Waals surface area (Å²) < 4.78 is 2.82. The quantitative estimate of drug-likeness (QED) is 0.781. The van der Waals surface area contributed by atoms with E-state index in [4.69, 9.17) is 5.73 Å². The van der Waals surface area contributed by atoms with Gasteiger partial charge in [0, 0.05) is 11.0 Å². The number of hydrogen-bond donors (Lipinski definition) is 2. The summed E-state index contributed by atoms with van der Waals surface area (Å²) in [6.45, 7) is 5.15. The number of rotatable bonds is 6. The summed E-state index contributed by atoms with van der Waals surface area (Å²) in [6.07, 6.45) is 2.36. The van der Waals surface area contributed by atoms with Gasteiger partial charge in [-0.05, 0) is 43.1 Å². The third-order valence-electron chi connectivity index (χ3n) is 3.53. The highest BCUT2D eigenvalue weighted by atomic mass is 79.9. The predicted octanol–water partition coefficient (Wildman–Crippen LogP) is 2.94. The van der Waals surface area contributed by atoms with Gasteiger partial charge >= 0.3 is 0 Å². The number of hydrogen-bond acceptors (Lipinski definition) is 3. The lowest BCUT2D eigenvalue weighted by Crippen LogP contribution is -2.31. The van der Waals surface area contributed by atoms with Crippen LogP contribution in [0.15, 0.2) is 34.9 Å². The number of nitrogens with two attached hydrogens (primary N) is 1. The van der Waals surface area contributed by atoms with Crippen LogP contribution in [-0.4, -0.2) is 28.8 Å². The van der Waals surface area contributed by atoms with Crippen LogP contribution in [-0.2, 0) is 6.42 Å². The van der Waals surface area contributed by atoms with Crippen LogP contribution in [0.5, 0.6) is 0 Å². The number of carbonyl (C=O) groups is 1. The molecule has 0 spiro atoms. The Balaban J connectivity index is 0.00000264. The molecule has 1 heterocycles. The van der Waals surface area contributed by atoms with E-state index in [1.807, 2.05) is 42.8 Å². The molecular formula is C16H22BrClN4O. The van der Waals surface area contributed by atoms with E-state index in [1.165, 1.54) is 0 Å². The van der Waals surface area contributed by atoms with Gasteiger partial charge in [0.1, 0.15) is 0 Å². The Morgan fingerprint density at radius 1 is 1.39 bits per heavy atom. The largest absolute Gasteiger partial charge is 0.352 e. The number of aromatic nitrogens is 2. The zero-order valence-electron chi connectivity index (χ0n) is 13.3. The van der Waals surface area contributed by atoms with E-state index < -0.39 is 0 Å². The molecule has 5 nitrogen and oxygen atoms in total. The Kier molecular flexibility index (Phi) is 7.75. The van der Waals surface area contributed by atoms with Crippen LogP contribution in [0.1, 0.15) is 29.9 Å². The Morgan fingerprint density at radius 2 is 2.04 bits per heavy atom. The molecule has 7 heteroatoms. The highest BCUT2D eigenvalue weighted by Crippen LogP contribution is 2.18. The normalized spacial score (nSPS) is 11.7. The van der Waals surface area contributed by atoms with Crippen molar-refractivity contribution < 1.29 is 4.79 Å². The van der Waals surface area contributed by atoms with Gasteiger partial charge in [0.2, 0.25) is 0 Å². The first kappa shape index (κ1) is 19.7. The standard InChI is InChI=1S/C16H21BrN4O.ClH/c1-3-15-14(16(22)19-9-11(2)8-18)10-20-21(15)13-6-4-12(17)5-7-13;/h4-7,10-11H,3,8-9,18H2,1-2H3,(H,19,22);1H. The molecule has 0 radical (unpaired) electrons. The van der Waals surface area contributed by atoms with E-state index in [0.717, 1.165) is 22.3 Å². The predicted molar refractivity (Wildman–Crippen MR) is 98.4 cm³/mol. The fraction of sp³-hybridized carbons (Fsp3) is 0.375. The van der Waals surface area contributed by atoms with Crippen LogP contribution in [0.3, 0.4) is 0 Å². The van der Waals surface area contributed by atoms with Gasteiger partial charge in [-0.1, -0.05) is 29.8 Å². The van der Waals surface area contributed by atoms with Crippen LogP contribution < -0.4 is 11.1 Å². The molecule has 1 atom stereocenters. The summed E-state index contributed by atoms with van der Waals surface area (Å²) in [5.41, 5.74) is 8.04. The second-order valence-corrected chi connectivity index (χ2v) is 6.21. The number of nitrogens with one attached hydrogen (secondary N) is 1. The van der Waals surface area contributed by atoms with Crippen LogP contribution in [0.4, 0.5) is 0 Å². The van der Waals surface area contributed by atoms with E-state index in [-0.39, 0.29) is 24.2 Å². The van der Waals surface area contributed by atoms with Crippen molar-refractivity contribution in [3.8, 4) is 5.69 Å². The maximum absolute atomic E-state index is 12.3. The van der Waals surface area contributed by atoms with Crippen molar-refractivity contribution in [3.63, 3.8) is 0 Å². The van der Waals surface area contributed by atoms with E-state index in [9.17, 15) is 4.79 Å². The van der Waals surface area contributed by atoms with Gasteiger partial charge in [-0.3, -0.25) is 4.79 Å². The van der Waals surface area contributed by atoms with Gasteiger partial charge in [0.05, 0.1) is 23.1 Å². The number of benzene rings is 1. The smallest absolute Gasteiger partial charge is 0.254 e. The Bertz CT molecular complexity index is 642. The van der Waals surface area contributed by atoms with E-state index in [1.54, 1.807) is 6.20 Å². The number of amides is 1. The Hall–Kier alpha value is -1.37. The minimum absolute atomic E-state index is 0. The second kappa shape index (κ2) is 9.05. The Morgan fingerprint density at radius 3 is 2.61 bits per heavy atom. The molecule has 2 aromatic rings. The minimum Gasteiger partial charge on any atom is -0.352 e. The molecule has 0 aliphatic rings. The van der Waals surface area contributed by atoms with Crippen molar-refractivity contribution in [1.29, 1.82) is 0 Å². The van der Waals surface area contributed by atoms with Crippen molar-refractivity contribution in [2.75, 3.05) is 13.1 Å². The van der Waals surface area contributed by atoms with Crippen molar-refractivity contribution in [3.05, 3.63) is 46.2 Å². The minimum atomic E-state index is -0.0967. The van der Waals surface area contributed by atoms with Crippen molar-refractivity contribution in [1.82, 2.24) is 15.1 Å². The number of carbonyl (C=O) groups excluding carboxylic acids is 1. The zero-order chi connectivity index (χ0) is 16.1. The monoisotopic (exact) mass is 400 g/mol. The van der Waals surface area contributed by atoms with Crippen LogP contribution in [0.25, 0.3) is 5.69 Å². The lowest BCUT2D eigenvalue weighted by Gasteiger charge is -2.11. The average molecular weight is 402 g/mol. The third-order valence-corrected chi connectivity index (χ3v) is 4.06. The van der Waals surface area contributed by atoms with Crippen LogP contribution in [0, 0.1) is 5.92 Å². The average Bonchev–Trinajstić information content (AvgIpc) is 2.96. The second-order valence-electron chi connectivity index (χ2n) is 5.30. The van der Waals surface area contributed by atoms with Crippen LogP contribution in [0.2, 0.25) is 0 Å². The summed E-state index contributed by atoms with van der Waals surface area (Å²) in [5.74, 6) is 0.163. The van der Waals surface area contributed by atoms with Crippen LogP contribution >= 0.6 is 28.3 Å². The maximum Gasteiger partial charge on any atom is 0.254 e. The topological polar surface area (TPSA) is 72.9 Å². The molecule has 1 aromatic carbocycles. The molecule has 0 saturated carbocycles. The van der Waals surface area contributed by atoms with Crippen molar-refractivity contribution >= 4 is 34.2 Å². The van der Waals surface area contributed by atoms with Gasteiger partial charge in [-0.15, -0.1) is 12.4 Å². The van der Waals surface area contributed by atoms with Crippen molar-refractivity contribution in [2.45, 2.75) is 20.3 Å². The van der Waals surface area contributed by atoms with Gasteiger partial charge in [0.25, 0.3) is 5.91 Å².